The van der Waals surface area contributed by atoms with Gasteiger partial charge in [-0.05, 0) is 37.0 Å². The number of nitrogens with zero attached hydrogens (tertiary/aromatic N) is 4. The van der Waals surface area contributed by atoms with Crippen molar-refractivity contribution in [3.05, 3.63) is 91.4 Å². The number of carbonyl (C=O) groups excluding carboxylic acids is 2. The van der Waals surface area contributed by atoms with Crippen molar-refractivity contribution in [2.45, 2.75) is 31.4 Å². The van der Waals surface area contributed by atoms with Gasteiger partial charge in [0.15, 0.2) is 0 Å². The molecule has 0 N–H and O–H groups in total. The number of likely N-dealkylation sites (tertiary alicyclic amines) is 1. The highest BCUT2D eigenvalue weighted by atomic mass is 32.1. The summed E-state index contributed by atoms with van der Waals surface area (Å²) in [6.07, 6.45) is -3.00. The average Bonchev–Trinajstić information content (AvgIpc) is 3.41. The Kier molecular flexibility index (Phi) is 8.10. The lowest BCUT2D eigenvalue weighted by atomic mass is 9.96. The van der Waals surface area contributed by atoms with Gasteiger partial charge in [-0.15, -0.1) is 11.3 Å². The molecular weight excluding hydrogens is 521 g/mol. The summed E-state index contributed by atoms with van der Waals surface area (Å²) < 4.78 is 40.0. The standard InChI is InChI=1S/C26H25F3N4O4S/c1-31(13-10-17-6-8-19(9-7-17)33(36)37)25(35)22-16-38-23(30-22)18-11-14-32(15-12-18)24(34)20-4-2-3-5-21(20)26(27,28)29/h2-9,16,18H,10-15H2,1H3. The van der Waals surface area contributed by atoms with E-state index in [0.717, 1.165) is 16.6 Å². The number of rotatable bonds is 7. The summed E-state index contributed by atoms with van der Waals surface area (Å²) in [6, 6.07) is 11.0. The third-order valence-electron chi connectivity index (χ3n) is 6.57. The molecule has 12 heteroatoms. The first-order valence-corrected chi connectivity index (χ1v) is 12.8. The van der Waals surface area contributed by atoms with Crippen LogP contribution < -0.4 is 0 Å². The lowest BCUT2D eigenvalue weighted by Gasteiger charge is -2.31. The maximum atomic E-state index is 13.3. The normalized spacial score (nSPS) is 14.4. The van der Waals surface area contributed by atoms with E-state index in [1.54, 1.807) is 29.5 Å². The lowest BCUT2D eigenvalue weighted by molar-refractivity contribution is -0.384. The molecule has 1 saturated heterocycles. The summed E-state index contributed by atoms with van der Waals surface area (Å²) in [5.41, 5.74) is -0.0954. The van der Waals surface area contributed by atoms with E-state index in [1.165, 1.54) is 46.6 Å². The topological polar surface area (TPSA) is 96.6 Å². The molecule has 0 saturated carbocycles. The first-order chi connectivity index (χ1) is 18.0. The van der Waals surface area contributed by atoms with Crippen LogP contribution in [0, 0.1) is 10.1 Å². The van der Waals surface area contributed by atoms with Gasteiger partial charge < -0.3 is 9.80 Å². The zero-order valence-electron chi connectivity index (χ0n) is 20.5. The number of non-ortho nitro benzene ring substituents is 1. The van der Waals surface area contributed by atoms with E-state index in [9.17, 15) is 32.9 Å². The molecule has 3 aromatic rings. The number of aromatic nitrogens is 1. The Morgan fingerprint density at radius 2 is 1.79 bits per heavy atom. The summed E-state index contributed by atoms with van der Waals surface area (Å²) in [6.45, 7) is 1.00. The van der Waals surface area contributed by atoms with Crippen LogP contribution in [0.2, 0.25) is 0 Å². The number of hydrogen-bond acceptors (Lipinski definition) is 6. The predicted octanol–water partition coefficient (Wildman–Crippen LogP) is 5.40. The molecule has 1 fully saturated rings. The Bertz CT molecular complexity index is 1320. The van der Waals surface area contributed by atoms with Gasteiger partial charge in [0.25, 0.3) is 17.5 Å². The molecule has 4 rings (SSSR count). The number of likely N-dealkylation sites (N-methyl/N-ethyl adjacent to an activating group) is 1. The minimum atomic E-state index is -4.61. The predicted molar refractivity (Wildman–Crippen MR) is 135 cm³/mol. The second-order valence-electron chi connectivity index (χ2n) is 9.08. The van der Waals surface area contributed by atoms with Crippen LogP contribution in [0.5, 0.6) is 0 Å². The second-order valence-corrected chi connectivity index (χ2v) is 9.97. The molecule has 0 spiro atoms. The fourth-order valence-electron chi connectivity index (χ4n) is 4.37. The maximum Gasteiger partial charge on any atom is 0.417 e. The van der Waals surface area contributed by atoms with Gasteiger partial charge in [-0.3, -0.25) is 19.7 Å². The number of piperidine rings is 1. The maximum absolute atomic E-state index is 13.3. The average molecular weight is 547 g/mol. The number of amides is 2. The van der Waals surface area contributed by atoms with Crippen LogP contribution in [-0.2, 0) is 12.6 Å². The number of hydrogen-bond donors (Lipinski definition) is 0. The quantitative estimate of drug-likeness (QED) is 0.292. The molecule has 8 nitrogen and oxygen atoms in total. The van der Waals surface area contributed by atoms with Crippen molar-refractivity contribution in [1.82, 2.24) is 14.8 Å². The van der Waals surface area contributed by atoms with Gasteiger partial charge in [0.05, 0.1) is 21.1 Å². The molecule has 2 amide bonds. The highest BCUT2D eigenvalue weighted by Gasteiger charge is 2.36. The number of carbonyl (C=O) groups is 2. The van der Waals surface area contributed by atoms with Crippen LogP contribution in [0.1, 0.15) is 55.7 Å². The van der Waals surface area contributed by atoms with Crippen molar-refractivity contribution in [3.8, 4) is 0 Å². The zero-order valence-corrected chi connectivity index (χ0v) is 21.3. The minimum absolute atomic E-state index is 0.00822. The van der Waals surface area contributed by atoms with Gasteiger partial charge in [-0.2, -0.15) is 13.2 Å². The third-order valence-corrected chi connectivity index (χ3v) is 7.57. The fourth-order valence-corrected chi connectivity index (χ4v) is 5.33. The van der Waals surface area contributed by atoms with E-state index in [-0.39, 0.29) is 23.1 Å². The van der Waals surface area contributed by atoms with E-state index in [4.69, 9.17) is 0 Å². The summed E-state index contributed by atoms with van der Waals surface area (Å²) in [4.78, 5) is 43.5. The largest absolute Gasteiger partial charge is 0.417 e. The Morgan fingerprint density at radius 1 is 1.13 bits per heavy atom. The van der Waals surface area contributed by atoms with Crippen LogP contribution in [0.4, 0.5) is 18.9 Å². The van der Waals surface area contributed by atoms with Crippen molar-refractivity contribution in [3.63, 3.8) is 0 Å². The summed E-state index contributed by atoms with van der Waals surface area (Å²) in [5.74, 6) is -0.874. The van der Waals surface area contributed by atoms with E-state index < -0.39 is 22.6 Å². The van der Waals surface area contributed by atoms with Crippen molar-refractivity contribution < 1.29 is 27.7 Å². The van der Waals surface area contributed by atoms with Crippen molar-refractivity contribution in [1.29, 1.82) is 0 Å². The summed E-state index contributed by atoms with van der Waals surface area (Å²) in [5, 5.41) is 13.2. The first-order valence-electron chi connectivity index (χ1n) is 11.9. The number of halogens is 3. The second kappa shape index (κ2) is 11.3. The van der Waals surface area contributed by atoms with Crippen molar-refractivity contribution >= 4 is 28.8 Å². The minimum Gasteiger partial charge on any atom is -0.340 e. The van der Waals surface area contributed by atoms with Gasteiger partial charge in [0.1, 0.15) is 5.69 Å². The number of alkyl halides is 3. The van der Waals surface area contributed by atoms with E-state index >= 15 is 0 Å². The van der Waals surface area contributed by atoms with E-state index in [2.05, 4.69) is 4.98 Å². The number of thiazole rings is 1. The molecule has 2 heterocycles. The molecule has 0 radical (unpaired) electrons. The molecule has 1 aromatic heterocycles. The smallest absolute Gasteiger partial charge is 0.340 e. The Labute approximate surface area is 220 Å². The van der Waals surface area contributed by atoms with Crippen molar-refractivity contribution in [2.24, 2.45) is 0 Å². The van der Waals surface area contributed by atoms with Crippen LogP contribution in [0.25, 0.3) is 0 Å². The SMILES string of the molecule is CN(CCc1ccc([N+](=O)[O-])cc1)C(=O)c1csc(C2CCN(C(=O)c3ccccc3C(F)(F)F)CC2)n1. The van der Waals surface area contributed by atoms with Gasteiger partial charge in [0.2, 0.25) is 0 Å². The number of nitro benzene ring substituents is 1. The monoisotopic (exact) mass is 546 g/mol. The molecule has 0 atom stereocenters. The molecular formula is C26H25F3N4O4S. The Hall–Kier alpha value is -3.80. The van der Waals surface area contributed by atoms with Crippen LogP contribution in [0.3, 0.4) is 0 Å². The highest BCUT2D eigenvalue weighted by molar-refractivity contribution is 7.09. The van der Waals surface area contributed by atoms with E-state index in [0.29, 0.717) is 44.6 Å². The zero-order chi connectivity index (χ0) is 27.4. The molecule has 0 aliphatic carbocycles. The third kappa shape index (κ3) is 6.18. The first kappa shape index (κ1) is 27.2. The Balaban J connectivity index is 1.32. The summed E-state index contributed by atoms with van der Waals surface area (Å²) in [7, 11) is 1.66. The lowest BCUT2D eigenvalue weighted by Crippen LogP contribution is -2.38. The van der Waals surface area contributed by atoms with E-state index in [1.807, 2.05) is 0 Å². The van der Waals surface area contributed by atoms with Gasteiger partial charge >= 0.3 is 6.18 Å². The molecule has 1 aliphatic rings. The molecule has 1 aliphatic heterocycles. The van der Waals surface area contributed by atoms with Crippen molar-refractivity contribution in [2.75, 3.05) is 26.7 Å². The Morgan fingerprint density at radius 3 is 2.42 bits per heavy atom. The molecule has 0 bridgehead atoms. The highest BCUT2D eigenvalue weighted by Crippen LogP contribution is 2.34. The number of benzene rings is 2. The summed E-state index contributed by atoms with van der Waals surface area (Å²) >= 11 is 1.36. The van der Waals surface area contributed by atoms with Crippen LogP contribution in [-0.4, -0.2) is 58.2 Å². The molecule has 2 aromatic carbocycles. The van der Waals surface area contributed by atoms with Crippen LogP contribution >= 0.6 is 11.3 Å². The van der Waals surface area contributed by atoms with Gasteiger partial charge in [-0.25, -0.2) is 4.98 Å². The van der Waals surface area contributed by atoms with Crippen LogP contribution in [0.15, 0.2) is 53.9 Å². The number of nitro groups is 1. The molecule has 200 valence electrons. The molecule has 0 unspecified atom stereocenters. The molecule has 38 heavy (non-hydrogen) atoms. The van der Waals surface area contributed by atoms with Gasteiger partial charge in [0, 0.05) is 50.1 Å². The fraction of sp³-hybridized carbons (Fsp3) is 0.346. The van der Waals surface area contributed by atoms with Gasteiger partial charge in [-0.1, -0.05) is 24.3 Å².